The number of thiazole rings is 1. The SMILES string of the molecule is CCCN(CC1CCCN1)C(=O)c1cnc(C)s1. The van der Waals surface area contributed by atoms with E-state index in [2.05, 4.69) is 17.2 Å². The molecule has 0 spiro atoms. The molecule has 2 heterocycles. The Hall–Kier alpha value is -0.940. The molecule has 100 valence electrons. The van der Waals surface area contributed by atoms with Crippen LogP contribution >= 0.6 is 11.3 Å². The predicted molar refractivity (Wildman–Crippen MR) is 74.1 cm³/mol. The van der Waals surface area contributed by atoms with Crippen molar-refractivity contribution in [1.82, 2.24) is 15.2 Å². The van der Waals surface area contributed by atoms with Crippen molar-refractivity contribution in [2.75, 3.05) is 19.6 Å². The largest absolute Gasteiger partial charge is 0.336 e. The van der Waals surface area contributed by atoms with Crippen molar-refractivity contribution in [3.8, 4) is 0 Å². The highest BCUT2D eigenvalue weighted by atomic mass is 32.1. The van der Waals surface area contributed by atoms with Gasteiger partial charge in [-0.05, 0) is 32.7 Å². The maximum absolute atomic E-state index is 12.4. The van der Waals surface area contributed by atoms with Crippen LogP contribution in [0.15, 0.2) is 6.20 Å². The van der Waals surface area contributed by atoms with Crippen LogP contribution in [0.25, 0.3) is 0 Å². The van der Waals surface area contributed by atoms with Crippen molar-refractivity contribution in [2.45, 2.75) is 39.2 Å². The smallest absolute Gasteiger partial charge is 0.265 e. The molecular formula is C13H21N3OS. The molecule has 1 saturated heterocycles. The fourth-order valence-electron chi connectivity index (χ4n) is 2.34. The first-order chi connectivity index (χ1) is 8.70. The molecule has 1 aliphatic rings. The number of amides is 1. The van der Waals surface area contributed by atoms with Crippen LogP contribution in [-0.2, 0) is 0 Å². The highest BCUT2D eigenvalue weighted by molar-refractivity contribution is 7.13. The predicted octanol–water partition coefficient (Wildman–Crippen LogP) is 2.06. The molecule has 1 unspecified atom stereocenters. The Morgan fingerprint density at radius 3 is 3.06 bits per heavy atom. The van der Waals surface area contributed by atoms with Crippen molar-refractivity contribution >= 4 is 17.2 Å². The van der Waals surface area contributed by atoms with E-state index in [0.717, 1.165) is 35.9 Å². The van der Waals surface area contributed by atoms with E-state index in [1.807, 2.05) is 11.8 Å². The van der Waals surface area contributed by atoms with E-state index in [-0.39, 0.29) is 5.91 Å². The number of aryl methyl sites for hydroxylation is 1. The van der Waals surface area contributed by atoms with E-state index in [1.54, 1.807) is 6.20 Å². The number of nitrogens with zero attached hydrogens (tertiary/aromatic N) is 2. The molecule has 1 amide bonds. The van der Waals surface area contributed by atoms with Crippen molar-refractivity contribution in [2.24, 2.45) is 0 Å². The lowest BCUT2D eigenvalue weighted by Crippen LogP contribution is -2.41. The molecule has 1 aromatic heterocycles. The van der Waals surface area contributed by atoms with Gasteiger partial charge in [-0.2, -0.15) is 0 Å². The van der Waals surface area contributed by atoms with Crippen LogP contribution < -0.4 is 5.32 Å². The topological polar surface area (TPSA) is 45.2 Å². The van der Waals surface area contributed by atoms with E-state index >= 15 is 0 Å². The second-order valence-corrected chi connectivity index (χ2v) is 6.02. The van der Waals surface area contributed by atoms with Gasteiger partial charge in [-0.25, -0.2) is 4.98 Å². The van der Waals surface area contributed by atoms with Gasteiger partial charge in [0.2, 0.25) is 0 Å². The van der Waals surface area contributed by atoms with Gasteiger partial charge in [0, 0.05) is 19.1 Å². The van der Waals surface area contributed by atoms with E-state index < -0.39 is 0 Å². The van der Waals surface area contributed by atoms with E-state index in [4.69, 9.17) is 0 Å². The van der Waals surface area contributed by atoms with Crippen LogP contribution in [0.3, 0.4) is 0 Å². The molecule has 1 fully saturated rings. The van der Waals surface area contributed by atoms with Crippen LogP contribution in [0.4, 0.5) is 0 Å². The summed E-state index contributed by atoms with van der Waals surface area (Å²) < 4.78 is 0. The Morgan fingerprint density at radius 1 is 1.67 bits per heavy atom. The van der Waals surface area contributed by atoms with E-state index in [9.17, 15) is 4.79 Å². The number of aromatic nitrogens is 1. The van der Waals surface area contributed by atoms with E-state index in [1.165, 1.54) is 24.2 Å². The lowest BCUT2D eigenvalue weighted by Gasteiger charge is -2.24. The van der Waals surface area contributed by atoms with Gasteiger partial charge in [-0.15, -0.1) is 11.3 Å². The van der Waals surface area contributed by atoms with Gasteiger partial charge in [0.1, 0.15) is 4.88 Å². The number of hydrogen-bond acceptors (Lipinski definition) is 4. The summed E-state index contributed by atoms with van der Waals surface area (Å²) >= 11 is 1.49. The molecule has 1 atom stereocenters. The van der Waals surface area contributed by atoms with Gasteiger partial charge in [0.25, 0.3) is 5.91 Å². The summed E-state index contributed by atoms with van der Waals surface area (Å²) in [7, 11) is 0. The monoisotopic (exact) mass is 267 g/mol. The summed E-state index contributed by atoms with van der Waals surface area (Å²) in [6.07, 6.45) is 5.09. The third kappa shape index (κ3) is 3.29. The first-order valence-electron chi connectivity index (χ1n) is 6.65. The molecule has 0 radical (unpaired) electrons. The molecule has 0 saturated carbocycles. The van der Waals surface area contributed by atoms with Crippen LogP contribution in [0, 0.1) is 6.92 Å². The molecule has 1 aromatic rings. The lowest BCUT2D eigenvalue weighted by atomic mass is 10.2. The maximum Gasteiger partial charge on any atom is 0.265 e. The van der Waals surface area contributed by atoms with Gasteiger partial charge < -0.3 is 10.2 Å². The van der Waals surface area contributed by atoms with E-state index in [0.29, 0.717) is 6.04 Å². The molecule has 4 nitrogen and oxygen atoms in total. The fourth-order valence-corrected chi connectivity index (χ4v) is 3.09. The molecule has 18 heavy (non-hydrogen) atoms. The van der Waals surface area contributed by atoms with Crippen molar-refractivity contribution in [1.29, 1.82) is 0 Å². The fraction of sp³-hybridized carbons (Fsp3) is 0.692. The Labute approximate surface area is 112 Å². The average Bonchev–Trinajstić information content (AvgIpc) is 2.99. The first kappa shape index (κ1) is 13.5. The van der Waals surface area contributed by atoms with Crippen LogP contribution in [0.2, 0.25) is 0 Å². The van der Waals surface area contributed by atoms with Crippen molar-refractivity contribution < 1.29 is 4.79 Å². The minimum absolute atomic E-state index is 0.135. The highest BCUT2D eigenvalue weighted by Crippen LogP contribution is 2.16. The van der Waals surface area contributed by atoms with Crippen LogP contribution in [0.5, 0.6) is 0 Å². The normalized spacial score (nSPS) is 19.1. The molecule has 0 bridgehead atoms. The van der Waals surface area contributed by atoms with Gasteiger partial charge >= 0.3 is 0 Å². The summed E-state index contributed by atoms with van der Waals surface area (Å²) in [5.74, 6) is 0.135. The van der Waals surface area contributed by atoms with Crippen molar-refractivity contribution in [3.63, 3.8) is 0 Å². The first-order valence-corrected chi connectivity index (χ1v) is 7.47. The maximum atomic E-state index is 12.4. The molecule has 5 heteroatoms. The molecular weight excluding hydrogens is 246 g/mol. The van der Waals surface area contributed by atoms with Gasteiger partial charge in [-0.1, -0.05) is 6.92 Å². The minimum atomic E-state index is 0.135. The molecule has 2 rings (SSSR count). The minimum Gasteiger partial charge on any atom is -0.336 e. The van der Waals surface area contributed by atoms with Gasteiger partial charge in [0.15, 0.2) is 0 Å². The van der Waals surface area contributed by atoms with Crippen LogP contribution in [0.1, 0.15) is 40.9 Å². The quantitative estimate of drug-likeness (QED) is 0.888. The Kier molecular flexibility index (Phi) is 4.72. The number of carbonyl (C=O) groups excluding carboxylic acids is 1. The standard InChI is InChI=1S/C13H21N3OS/c1-3-7-16(9-11-5-4-6-14-11)13(17)12-8-15-10(2)18-12/h8,11,14H,3-7,9H2,1-2H3. The van der Waals surface area contributed by atoms with Crippen molar-refractivity contribution in [3.05, 3.63) is 16.1 Å². The zero-order chi connectivity index (χ0) is 13.0. The number of rotatable bonds is 5. The summed E-state index contributed by atoms with van der Waals surface area (Å²) in [4.78, 5) is 19.3. The average molecular weight is 267 g/mol. The Morgan fingerprint density at radius 2 is 2.50 bits per heavy atom. The number of nitrogens with one attached hydrogen (secondary N) is 1. The molecule has 0 aromatic carbocycles. The summed E-state index contributed by atoms with van der Waals surface area (Å²) in [6, 6.07) is 0.467. The zero-order valence-corrected chi connectivity index (χ0v) is 11.9. The third-order valence-corrected chi connectivity index (χ3v) is 4.12. The Bertz CT molecular complexity index is 399. The number of carbonyl (C=O) groups is 1. The van der Waals surface area contributed by atoms with Crippen LogP contribution in [-0.4, -0.2) is 41.5 Å². The highest BCUT2D eigenvalue weighted by Gasteiger charge is 2.22. The summed E-state index contributed by atoms with van der Waals surface area (Å²) in [5, 5.41) is 4.40. The molecule has 0 aliphatic carbocycles. The summed E-state index contributed by atoms with van der Waals surface area (Å²) in [5.41, 5.74) is 0. The zero-order valence-electron chi connectivity index (χ0n) is 11.1. The van der Waals surface area contributed by atoms with Gasteiger partial charge in [-0.3, -0.25) is 4.79 Å². The second kappa shape index (κ2) is 6.29. The number of hydrogen-bond donors (Lipinski definition) is 1. The second-order valence-electron chi connectivity index (χ2n) is 4.79. The molecule has 1 aliphatic heterocycles. The van der Waals surface area contributed by atoms with Gasteiger partial charge in [0.05, 0.1) is 11.2 Å². The Balaban J connectivity index is 2.01. The third-order valence-electron chi connectivity index (χ3n) is 3.22. The summed E-state index contributed by atoms with van der Waals surface area (Å²) in [6.45, 7) is 6.78. The molecule has 1 N–H and O–H groups in total. The lowest BCUT2D eigenvalue weighted by molar-refractivity contribution is 0.0746.